The molecule has 0 spiro atoms. The van der Waals surface area contributed by atoms with E-state index in [9.17, 15) is 4.79 Å². The van der Waals surface area contributed by atoms with Crippen LogP contribution < -0.4 is 0 Å². The lowest BCUT2D eigenvalue weighted by Gasteiger charge is -2.04. The minimum Gasteiger partial charge on any atom is -0.460 e. The van der Waals surface area contributed by atoms with Crippen LogP contribution in [0.15, 0.2) is 12.7 Å². The Morgan fingerprint density at radius 3 is 2.82 bits per heavy atom. The van der Waals surface area contributed by atoms with Gasteiger partial charge in [-0.2, -0.15) is 0 Å². The first-order valence-corrected chi connectivity index (χ1v) is 3.65. The maximum absolute atomic E-state index is 10.4. The Bertz CT molecular complexity index is 134. The van der Waals surface area contributed by atoms with Crippen molar-refractivity contribution in [3.63, 3.8) is 0 Å². The number of carbonyl (C=O) groups is 1. The summed E-state index contributed by atoms with van der Waals surface area (Å²) in [7, 11) is 0. The molecule has 64 valence electrons. The number of halogens is 1. The normalized spacial score (nSPS) is 12.2. The second-order valence-corrected chi connectivity index (χ2v) is 2.40. The summed E-state index contributed by atoms with van der Waals surface area (Å²) in [6, 6.07) is 0. The lowest BCUT2D eigenvalue weighted by Crippen LogP contribution is -2.10. The third kappa shape index (κ3) is 7.36. The van der Waals surface area contributed by atoms with Crippen molar-refractivity contribution in [3.05, 3.63) is 12.7 Å². The van der Waals surface area contributed by atoms with Crippen LogP contribution in [0.1, 0.15) is 6.92 Å². The Morgan fingerprint density at radius 2 is 2.36 bits per heavy atom. The summed E-state index contributed by atoms with van der Waals surface area (Å²) in [5.41, 5.74) is -0.350. The van der Waals surface area contributed by atoms with Crippen molar-refractivity contribution in [2.45, 2.75) is 12.5 Å². The molecule has 0 aromatic carbocycles. The monoisotopic (exact) mass is 178 g/mol. The molecule has 1 atom stereocenters. The second kappa shape index (κ2) is 6.19. The number of carbonyl (C=O) groups excluding carboxylic acids is 1. The average molecular weight is 179 g/mol. The molecule has 0 amide bonds. The maximum Gasteiger partial charge on any atom is 0.330 e. The van der Waals surface area contributed by atoms with Crippen LogP contribution in [-0.4, -0.2) is 24.7 Å². The first kappa shape index (κ1) is 10.5. The van der Waals surface area contributed by atoms with Crippen molar-refractivity contribution in [1.82, 2.24) is 0 Å². The van der Waals surface area contributed by atoms with E-state index >= 15 is 0 Å². The zero-order valence-corrected chi connectivity index (χ0v) is 7.13. The molecule has 11 heavy (non-hydrogen) atoms. The molecule has 0 aliphatic heterocycles. The fraction of sp³-hybridized carbons (Fsp3) is 0.571. The number of esters is 1. The molecule has 0 N–H and O–H groups in total. The molecule has 4 heteroatoms. The molecule has 0 aromatic rings. The van der Waals surface area contributed by atoms with E-state index in [4.69, 9.17) is 16.3 Å². The predicted octanol–water partition coefficient (Wildman–Crippen LogP) is 1.32. The molecule has 0 aliphatic rings. The molecular formula is C7H11ClO3. The molecule has 0 bridgehead atoms. The lowest BCUT2D eigenvalue weighted by atomic mass is 10.6. The molecule has 1 unspecified atom stereocenters. The quantitative estimate of drug-likeness (QED) is 0.276. The summed E-state index contributed by atoms with van der Waals surface area (Å²) in [6.45, 7) is 5.44. The molecule has 0 radical (unpaired) electrons. The second-order valence-electron chi connectivity index (χ2n) is 1.79. The van der Waals surface area contributed by atoms with Gasteiger partial charge in [-0.05, 0) is 6.92 Å². The van der Waals surface area contributed by atoms with Gasteiger partial charge in [0.15, 0.2) is 0 Å². The smallest absolute Gasteiger partial charge is 0.330 e. The van der Waals surface area contributed by atoms with Gasteiger partial charge in [-0.15, -0.1) is 0 Å². The Labute approximate surface area is 70.9 Å². The summed E-state index contributed by atoms with van der Waals surface area (Å²) < 4.78 is 9.49. The van der Waals surface area contributed by atoms with Gasteiger partial charge in [0.05, 0.1) is 6.61 Å². The van der Waals surface area contributed by atoms with Crippen molar-refractivity contribution in [1.29, 1.82) is 0 Å². The van der Waals surface area contributed by atoms with E-state index in [-0.39, 0.29) is 12.2 Å². The highest BCUT2D eigenvalue weighted by Gasteiger charge is 1.97. The van der Waals surface area contributed by atoms with Gasteiger partial charge in [0.25, 0.3) is 0 Å². The van der Waals surface area contributed by atoms with Crippen LogP contribution in [0.4, 0.5) is 0 Å². The Balaban J connectivity index is 3.14. The van der Waals surface area contributed by atoms with Crippen molar-refractivity contribution in [2.75, 3.05) is 13.2 Å². The third-order valence-electron chi connectivity index (χ3n) is 0.842. The highest BCUT2D eigenvalue weighted by atomic mass is 35.5. The number of ether oxygens (including phenoxy) is 2. The average Bonchev–Trinajstić information content (AvgIpc) is 1.97. The number of hydrogen-bond donors (Lipinski definition) is 0. The summed E-state index contributed by atoms with van der Waals surface area (Å²) in [5.74, 6) is -0.448. The number of rotatable bonds is 5. The predicted molar refractivity (Wildman–Crippen MR) is 42.4 cm³/mol. The SMILES string of the molecule is C=CC(=O)OCCOC(C)Cl. The third-order valence-corrected chi connectivity index (χ3v) is 0.968. The summed E-state index contributed by atoms with van der Waals surface area (Å²) in [4.78, 5) is 10.4. The van der Waals surface area contributed by atoms with Crippen LogP contribution in [-0.2, 0) is 14.3 Å². The highest BCUT2D eigenvalue weighted by Crippen LogP contribution is 1.94. The molecule has 0 saturated heterocycles. The number of hydrogen-bond acceptors (Lipinski definition) is 3. The summed E-state index contributed by atoms with van der Waals surface area (Å²) in [6.07, 6.45) is 1.10. The van der Waals surface area contributed by atoms with Crippen LogP contribution >= 0.6 is 11.6 Å². The van der Waals surface area contributed by atoms with E-state index in [0.717, 1.165) is 6.08 Å². The van der Waals surface area contributed by atoms with Gasteiger partial charge in [0.1, 0.15) is 12.2 Å². The van der Waals surface area contributed by atoms with Crippen molar-refractivity contribution >= 4 is 17.6 Å². The Kier molecular flexibility index (Phi) is 5.88. The molecule has 0 heterocycles. The minimum atomic E-state index is -0.448. The maximum atomic E-state index is 10.4. The topological polar surface area (TPSA) is 35.5 Å². The van der Waals surface area contributed by atoms with Gasteiger partial charge < -0.3 is 9.47 Å². The van der Waals surface area contributed by atoms with E-state index in [1.807, 2.05) is 0 Å². The van der Waals surface area contributed by atoms with Crippen molar-refractivity contribution < 1.29 is 14.3 Å². The van der Waals surface area contributed by atoms with E-state index in [0.29, 0.717) is 6.61 Å². The van der Waals surface area contributed by atoms with E-state index in [1.54, 1.807) is 6.92 Å². The molecule has 3 nitrogen and oxygen atoms in total. The number of alkyl halides is 1. The summed E-state index contributed by atoms with van der Waals surface area (Å²) >= 11 is 5.44. The molecule has 0 aliphatic carbocycles. The van der Waals surface area contributed by atoms with Crippen LogP contribution in [0.3, 0.4) is 0 Å². The fourth-order valence-corrected chi connectivity index (χ4v) is 0.501. The van der Waals surface area contributed by atoms with Crippen LogP contribution in [0.5, 0.6) is 0 Å². The van der Waals surface area contributed by atoms with Crippen LogP contribution in [0.2, 0.25) is 0 Å². The Hall–Kier alpha value is -0.540. The molecule has 0 rings (SSSR count). The van der Waals surface area contributed by atoms with Crippen molar-refractivity contribution in [3.8, 4) is 0 Å². The molecule has 0 aromatic heterocycles. The minimum absolute atomic E-state index is 0.210. The van der Waals surface area contributed by atoms with Gasteiger partial charge in [-0.3, -0.25) is 0 Å². The first-order chi connectivity index (χ1) is 5.16. The van der Waals surface area contributed by atoms with E-state index in [2.05, 4.69) is 11.3 Å². The zero-order valence-electron chi connectivity index (χ0n) is 6.38. The van der Waals surface area contributed by atoms with Gasteiger partial charge in [0, 0.05) is 6.08 Å². The van der Waals surface area contributed by atoms with Gasteiger partial charge in [-0.1, -0.05) is 18.2 Å². The largest absolute Gasteiger partial charge is 0.460 e. The molecular weight excluding hydrogens is 168 g/mol. The van der Waals surface area contributed by atoms with E-state index in [1.165, 1.54) is 0 Å². The fourth-order valence-electron chi connectivity index (χ4n) is 0.412. The standard InChI is InChI=1S/C7H11ClO3/c1-3-7(9)11-5-4-10-6(2)8/h3,6H,1,4-5H2,2H3. The summed E-state index contributed by atoms with van der Waals surface area (Å²) in [5, 5.41) is 0. The highest BCUT2D eigenvalue weighted by molar-refractivity contribution is 6.19. The molecule has 0 fully saturated rings. The molecule has 0 saturated carbocycles. The van der Waals surface area contributed by atoms with Crippen LogP contribution in [0, 0.1) is 0 Å². The van der Waals surface area contributed by atoms with Gasteiger partial charge >= 0.3 is 5.97 Å². The van der Waals surface area contributed by atoms with Gasteiger partial charge in [-0.25, -0.2) is 4.79 Å². The Morgan fingerprint density at radius 1 is 1.73 bits per heavy atom. The first-order valence-electron chi connectivity index (χ1n) is 3.21. The van der Waals surface area contributed by atoms with Crippen molar-refractivity contribution in [2.24, 2.45) is 0 Å². The zero-order chi connectivity index (χ0) is 8.69. The van der Waals surface area contributed by atoms with Crippen LogP contribution in [0.25, 0.3) is 0 Å². The van der Waals surface area contributed by atoms with Gasteiger partial charge in [0.2, 0.25) is 0 Å². The van der Waals surface area contributed by atoms with E-state index < -0.39 is 5.97 Å². The lowest BCUT2D eigenvalue weighted by molar-refractivity contribution is -0.139.